The summed E-state index contributed by atoms with van der Waals surface area (Å²) in [4.78, 5) is 0. The van der Waals surface area contributed by atoms with Crippen LogP contribution >= 0.6 is 0 Å². The quantitative estimate of drug-likeness (QED) is 0.535. The molecule has 0 aromatic heterocycles. The highest BCUT2D eigenvalue weighted by molar-refractivity contribution is 4.92. The first kappa shape index (κ1) is 19.2. The summed E-state index contributed by atoms with van der Waals surface area (Å²) in [5.41, 5.74) is 0. The number of hydrogen-bond acceptors (Lipinski definition) is 2. The van der Waals surface area contributed by atoms with E-state index in [2.05, 4.69) is 0 Å². The van der Waals surface area contributed by atoms with Crippen LogP contribution in [-0.2, 0) is 9.47 Å². The Morgan fingerprint density at radius 2 is 0.808 bits per heavy atom. The summed E-state index contributed by atoms with van der Waals surface area (Å²) in [7, 11) is 0. The van der Waals surface area contributed by atoms with Gasteiger partial charge in [-0.1, -0.05) is 51.4 Å². The first-order valence-corrected chi connectivity index (χ1v) is 12.1. The largest absolute Gasteiger partial charge is 0.378 e. The molecule has 4 rings (SSSR count). The van der Waals surface area contributed by atoms with Crippen LogP contribution < -0.4 is 0 Å². The standard InChI is InChI=1S/C24H42O2/c1-3-9-19(10-4-1)17-25-23-15-16-24(22-14-8-7-13-21(22)23)26-18-20-11-5-2-6-12-20/h19-24H,1-18H2. The van der Waals surface area contributed by atoms with Gasteiger partial charge < -0.3 is 9.47 Å². The van der Waals surface area contributed by atoms with Gasteiger partial charge in [-0.15, -0.1) is 0 Å². The van der Waals surface area contributed by atoms with Gasteiger partial charge in [-0.2, -0.15) is 0 Å². The molecule has 0 bridgehead atoms. The van der Waals surface area contributed by atoms with Crippen molar-refractivity contribution in [3.8, 4) is 0 Å². The van der Waals surface area contributed by atoms with Crippen LogP contribution in [0.1, 0.15) is 103 Å². The minimum Gasteiger partial charge on any atom is -0.378 e. The Kier molecular flexibility index (Phi) is 7.34. The zero-order valence-corrected chi connectivity index (χ0v) is 17.0. The molecular weight excluding hydrogens is 320 g/mol. The fourth-order valence-electron chi connectivity index (χ4n) is 6.51. The molecule has 0 amide bonds. The Bertz CT molecular complexity index is 359. The maximum absolute atomic E-state index is 6.58. The number of rotatable bonds is 6. The molecule has 0 heterocycles. The van der Waals surface area contributed by atoms with Crippen molar-refractivity contribution >= 4 is 0 Å². The maximum atomic E-state index is 6.58. The molecule has 4 aliphatic rings. The summed E-state index contributed by atoms with van der Waals surface area (Å²) in [5.74, 6) is 3.28. The van der Waals surface area contributed by atoms with Gasteiger partial charge in [0.2, 0.25) is 0 Å². The Labute approximate surface area is 161 Å². The first-order valence-electron chi connectivity index (χ1n) is 12.1. The molecule has 0 aromatic rings. The summed E-state index contributed by atoms with van der Waals surface area (Å²) in [6.07, 6.45) is 23.5. The van der Waals surface area contributed by atoms with E-state index in [0.717, 1.165) is 36.9 Å². The Hall–Kier alpha value is -0.0800. The van der Waals surface area contributed by atoms with Gasteiger partial charge in [0.1, 0.15) is 0 Å². The van der Waals surface area contributed by atoms with Crippen molar-refractivity contribution in [2.45, 2.75) is 115 Å². The molecule has 2 nitrogen and oxygen atoms in total. The van der Waals surface area contributed by atoms with Crippen LogP contribution in [0.25, 0.3) is 0 Å². The lowest BCUT2D eigenvalue weighted by molar-refractivity contribution is -0.125. The second-order valence-corrected chi connectivity index (χ2v) is 9.94. The summed E-state index contributed by atoms with van der Waals surface area (Å²) < 4.78 is 13.2. The van der Waals surface area contributed by atoms with Crippen molar-refractivity contribution in [3.05, 3.63) is 0 Å². The van der Waals surface area contributed by atoms with Crippen molar-refractivity contribution in [2.75, 3.05) is 13.2 Å². The minimum atomic E-state index is 0.539. The van der Waals surface area contributed by atoms with Crippen LogP contribution in [0.2, 0.25) is 0 Å². The Balaban J connectivity index is 1.27. The van der Waals surface area contributed by atoms with E-state index >= 15 is 0 Å². The van der Waals surface area contributed by atoms with Crippen LogP contribution in [0.4, 0.5) is 0 Å². The highest BCUT2D eigenvalue weighted by Crippen LogP contribution is 2.44. The molecule has 0 radical (unpaired) electrons. The van der Waals surface area contributed by atoms with E-state index in [0.29, 0.717) is 12.2 Å². The molecule has 4 atom stereocenters. The molecule has 4 fully saturated rings. The van der Waals surface area contributed by atoms with E-state index in [1.807, 2.05) is 0 Å². The fraction of sp³-hybridized carbons (Fsp3) is 1.00. The van der Waals surface area contributed by atoms with E-state index in [4.69, 9.17) is 9.47 Å². The molecule has 4 unspecified atom stereocenters. The fourth-order valence-corrected chi connectivity index (χ4v) is 6.51. The zero-order valence-electron chi connectivity index (χ0n) is 17.0. The number of hydrogen-bond donors (Lipinski definition) is 0. The third-order valence-corrected chi connectivity index (χ3v) is 8.11. The maximum Gasteiger partial charge on any atom is 0.0608 e. The highest BCUT2D eigenvalue weighted by Gasteiger charge is 2.42. The average Bonchev–Trinajstić information content (AvgIpc) is 2.72. The molecule has 0 N–H and O–H groups in total. The summed E-state index contributed by atoms with van der Waals surface area (Å²) in [6.45, 7) is 2.09. The van der Waals surface area contributed by atoms with Crippen LogP contribution in [0, 0.1) is 23.7 Å². The summed E-state index contributed by atoms with van der Waals surface area (Å²) >= 11 is 0. The summed E-state index contributed by atoms with van der Waals surface area (Å²) in [5, 5.41) is 0. The number of ether oxygens (including phenoxy) is 2. The van der Waals surface area contributed by atoms with Crippen molar-refractivity contribution in [1.29, 1.82) is 0 Å². The Morgan fingerprint density at radius 1 is 0.423 bits per heavy atom. The Morgan fingerprint density at radius 3 is 1.23 bits per heavy atom. The molecule has 26 heavy (non-hydrogen) atoms. The van der Waals surface area contributed by atoms with E-state index in [1.54, 1.807) is 0 Å². The summed E-state index contributed by atoms with van der Waals surface area (Å²) in [6, 6.07) is 0. The van der Waals surface area contributed by atoms with Crippen molar-refractivity contribution in [3.63, 3.8) is 0 Å². The van der Waals surface area contributed by atoms with E-state index < -0.39 is 0 Å². The van der Waals surface area contributed by atoms with Gasteiger partial charge in [0.25, 0.3) is 0 Å². The second kappa shape index (κ2) is 9.92. The van der Waals surface area contributed by atoms with Crippen molar-refractivity contribution in [2.24, 2.45) is 23.7 Å². The van der Waals surface area contributed by atoms with Gasteiger partial charge in [-0.25, -0.2) is 0 Å². The van der Waals surface area contributed by atoms with Gasteiger partial charge in [0.15, 0.2) is 0 Å². The van der Waals surface area contributed by atoms with Crippen molar-refractivity contribution < 1.29 is 9.47 Å². The van der Waals surface area contributed by atoms with E-state index in [-0.39, 0.29) is 0 Å². The lowest BCUT2D eigenvalue weighted by Crippen LogP contribution is -2.45. The van der Waals surface area contributed by atoms with E-state index in [9.17, 15) is 0 Å². The van der Waals surface area contributed by atoms with Gasteiger partial charge in [0.05, 0.1) is 12.2 Å². The first-order chi connectivity index (χ1) is 12.9. The van der Waals surface area contributed by atoms with Gasteiger partial charge in [0, 0.05) is 13.2 Å². The second-order valence-electron chi connectivity index (χ2n) is 9.94. The minimum absolute atomic E-state index is 0.539. The molecule has 2 heteroatoms. The molecule has 0 spiro atoms. The molecule has 150 valence electrons. The van der Waals surface area contributed by atoms with Crippen LogP contribution in [-0.4, -0.2) is 25.4 Å². The topological polar surface area (TPSA) is 18.5 Å². The molecule has 0 aromatic carbocycles. The molecular formula is C24H42O2. The van der Waals surface area contributed by atoms with Gasteiger partial charge in [-0.05, 0) is 75.0 Å². The lowest BCUT2D eigenvalue weighted by Gasteiger charge is -2.46. The van der Waals surface area contributed by atoms with Crippen LogP contribution in [0.3, 0.4) is 0 Å². The van der Waals surface area contributed by atoms with Gasteiger partial charge >= 0.3 is 0 Å². The van der Waals surface area contributed by atoms with E-state index in [1.165, 1.54) is 103 Å². The monoisotopic (exact) mass is 362 g/mol. The highest BCUT2D eigenvalue weighted by atomic mass is 16.5. The zero-order chi connectivity index (χ0) is 17.6. The predicted octanol–water partition coefficient (Wildman–Crippen LogP) is 6.52. The lowest BCUT2D eigenvalue weighted by atomic mass is 9.68. The third-order valence-electron chi connectivity index (χ3n) is 8.11. The smallest absolute Gasteiger partial charge is 0.0608 e. The molecule has 4 saturated carbocycles. The molecule has 0 saturated heterocycles. The SMILES string of the molecule is C1CCC(COC2CCC(OCC3CCCCC3)C3CCCCC23)CC1. The third kappa shape index (κ3) is 5.04. The van der Waals surface area contributed by atoms with Crippen LogP contribution in [0.5, 0.6) is 0 Å². The van der Waals surface area contributed by atoms with Crippen LogP contribution in [0.15, 0.2) is 0 Å². The van der Waals surface area contributed by atoms with Crippen molar-refractivity contribution in [1.82, 2.24) is 0 Å². The predicted molar refractivity (Wildman–Crippen MR) is 107 cm³/mol. The number of fused-ring (bicyclic) bond motifs is 1. The normalized spacial score (nSPS) is 37.4. The molecule has 4 aliphatic carbocycles. The average molecular weight is 363 g/mol. The van der Waals surface area contributed by atoms with Gasteiger partial charge in [-0.3, -0.25) is 0 Å². The molecule has 0 aliphatic heterocycles.